The van der Waals surface area contributed by atoms with E-state index in [1.807, 2.05) is 44.3 Å². The fourth-order valence-electron chi connectivity index (χ4n) is 1.57. The number of aryl methyl sites for hydroxylation is 1. The number of nitrogens with zero attached hydrogens (tertiary/aromatic N) is 3. The van der Waals surface area contributed by atoms with Crippen LogP contribution in [0.25, 0.3) is 0 Å². The Hall–Kier alpha value is -1.55. The monoisotopic (exact) mass is 265 g/mol. The molecule has 96 valence electrons. The molecule has 18 heavy (non-hydrogen) atoms. The highest BCUT2D eigenvalue weighted by Gasteiger charge is 2.06. The quantitative estimate of drug-likeness (QED) is 0.781. The van der Waals surface area contributed by atoms with Gasteiger partial charge in [0.2, 0.25) is 0 Å². The van der Waals surface area contributed by atoms with E-state index >= 15 is 0 Å². The number of halogens is 1. The molecule has 0 aliphatic rings. The molecule has 1 atom stereocenters. The molecule has 1 unspecified atom stereocenters. The fourth-order valence-corrected chi connectivity index (χ4v) is 1.67. The van der Waals surface area contributed by atoms with Crippen LogP contribution in [0.5, 0.6) is 5.75 Å². The SMILES string of the molecule is Cc1ccccc1OCCn1cc(C(C)Cl)nn1. The molecule has 2 rings (SSSR count). The first-order valence-electron chi connectivity index (χ1n) is 5.89. The standard InChI is InChI=1S/C13H16ClN3O/c1-10-5-3-4-6-13(10)18-8-7-17-9-12(11(2)14)15-16-17/h3-6,9,11H,7-8H2,1-2H3. The van der Waals surface area contributed by atoms with Gasteiger partial charge in [-0.3, -0.25) is 0 Å². The van der Waals surface area contributed by atoms with Gasteiger partial charge in [-0.25, -0.2) is 4.68 Å². The van der Waals surface area contributed by atoms with E-state index < -0.39 is 0 Å². The molecule has 2 aromatic rings. The predicted molar refractivity (Wildman–Crippen MR) is 71.0 cm³/mol. The van der Waals surface area contributed by atoms with Gasteiger partial charge in [0.15, 0.2) is 0 Å². The maximum Gasteiger partial charge on any atom is 0.122 e. The summed E-state index contributed by atoms with van der Waals surface area (Å²) in [5.41, 5.74) is 1.92. The highest BCUT2D eigenvalue weighted by molar-refractivity contribution is 6.20. The zero-order valence-corrected chi connectivity index (χ0v) is 11.3. The number of alkyl halides is 1. The number of para-hydroxylation sites is 1. The van der Waals surface area contributed by atoms with E-state index in [9.17, 15) is 0 Å². The normalized spacial score (nSPS) is 12.4. The third-order valence-corrected chi connectivity index (χ3v) is 2.86. The molecule has 0 N–H and O–H groups in total. The van der Waals surface area contributed by atoms with Gasteiger partial charge in [0.1, 0.15) is 18.1 Å². The van der Waals surface area contributed by atoms with Gasteiger partial charge in [0.25, 0.3) is 0 Å². The van der Waals surface area contributed by atoms with Gasteiger partial charge in [0, 0.05) is 0 Å². The number of aromatic nitrogens is 3. The van der Waals surface area contributed by atoms with E-state index in [-0.39, 0.29) is 5.38 Å². The molecule has 0 fully saturated rings. The van der Waals surface area contributed by atoms with Crippen molar-refractivity contribution in [1.29, 1.82) is 0 Å². The Morgan fingerprint density at radius 2 is 2.17 bits per heavy atom. The first kappa shape index (κ1) is 12.9. The lowest BCUT2D eigenvalue weighted by molar-refractivity contribution is 0.288. The second-order valence-corrected chi connectivity index (χ2v) is 4.79. The summed E-state index contributed by atoms with van der Waals surface area (Å²) in [6, 6.07) is 7.94. The van der Waals surface area contributed by atoms with Crippen LogP contribution in [-0.4, -0.2) is 21.6 Å². The average Bonchev–Trinajstić information content (AvgIpc) is 2.80. The molecule has 0 aliphatic carbocycles. The summed E-state index contributed by atoms with van der Waals surface area (Å²) in [6.45, 7) is 5.12. The van der Waals surface area contributed by atoms with Gasteiger partial charge in [-0.1, -0.05) is 23.4 Å². The zero-order chi connectivity index (χ0) is 13.0. The van der Waals surface area contributed by atoms with E-state index in [4.69, 9.17) is 16.3 Å². The minimum Gasteiger partial charge on any atom is -0.491 e. The van der Waals surface area contributed by atoms with Crippen LogP contribution in [0.1, 0.15) is 23.6 Å². The molecular weight excluding hydrogens is 250 g/mol. The molecular formula is C13H16ClN3O. The number of hydrogen-bond acceptors (Lipinski definition) is 3. The fraction of sp³-hybridized carbons (Fsp3) is 0.385. The smallest absolute Gasteiger partial charge is 0.122 e. The highest BCUT2D eigenvalue weighted by Crippen LogP contribution is 2.17. The molecule has 1 heterocycles. The van der Waals surface area contributed by atoms with Crippen molar-refractivity contribution in [3.8, 4) is 5.75 Å². The third kappa shape index (κ3) is 3.23. The number of ether oxygens (including phenoxy) is 1. The maximum atomic E-state index is 5.92. The van der Waals surface area contributed by atoms with E-state index in [2.05, 4.69) is 10.3 Å². The highest BCUT2D eigenvalue weighted by atomic mass is 35.5. The average molecular weight is 266 g/mol. The maximum absolute atomic E-state index is 5.92. The van der Waals surface area contributed by atoms with Crippen molar-refractivity contribution in [2.75, 3.05) is 6.61 Å². The van der Waals surface area contributed by atoms with E-state index in [1.54, 1.807) is 4.68 Å². The number of rotatable bonds is 5. The van der Waals surface area contributed by atoms with Crippen molar-refractivity contribution in [3.63, 3.8) is 0 Å². The first-order chi connectivity index (χ1) is 8.66. The Balaban J connectivity index is 1.87. The molecule has 0 saturated carbocycles. The van der Waals surface area contributed by atoms with Gasteiger partial charge >= 0.3 is 0 Å². The molecule has 5 heteroatoms. The molecule has 1 aromatic heterocycles. The molecule has 1 aromatic carbocycles. The predicted octanol–water partition coefficient (Wildman–Crippen LogP) is 2.97. The van der Waals surface area contributed by atoms with Gasteiger partial charge in [-0.2, -0.15) is 0 Å². The summed E-state index contributed by atoms with van der Waals surface area (Å²) in [7, 11) is 0. The van der Waals surface area contributed by atoms with E-state index in [1.165, 1.54) is 0 Å². The lowest BCUT2D eigenvalue weighted by Crippen LogP contribution is -2.09. The van der Waals surface area contributed by atoms with E-state index in [0.717, 1.165) is 17.0 Å². The van der Waals surface area contributed by atoms with Crippen molar-refractivity contribution >= 4 is 11.6 Å². The Kier molecular flexibility index (Phi) is 4.20. The number of hydrogen-bond donors (Lipinski definition) is 0. The summed E-state index contributed by atoms with van der Waals surface area (Å²) in [4.78, 5) is 0. The van der Waals surface area contributed by atoms with Crippen LogP contribution in [0, 0.1) is 6.92 Å². The summed E-state index contributed by atoms with van der Waals surface area (Å²) >= 11 is 5.92. The Labute approximate surface area is 112 Å². The Bertz CT molecular complexity index is 510. The molecule has 0 spiro atoms. The molecule has 4 nitrogen and oxygen atoms in total. The van der Waals surface area contributed by atoms with Crippen molar-refractivity contribution in [1.82, 2.24) is 15.0 Å². The summed E-state index contributed by atoms with van der Waals surface area (Å²) < 4.78 is 7.43. The van der Waals surface area contributed by atoms with Crippen LogP contribution in [-0.2, 0) is 6.54 Å². The third-order valence-electron chi connectivity index (χ3n) is 2.64. The largest absolute Gasteiger partial charge is 0.491 e. The lowest BCUT2D eigenvalue weighted by Gasteiger charge is -2.08. The van der Waals surface area contributed by atoms with Gasteiger partial charge in [0.05, 0.1) is 18.1 Å². The van der Waals surface area contributed by atoms with Crippen LogP contribution in [0.3, 0.4) is 0 Å². The molecule has 0 radical (unpaired) electrons. The van der Waals surface area contributed by atoms with Crippen LogP contribution in [0.15, 0.2) is 30.5 Å². The van der Waals surface area contributed by atoms with Crippen molar-refractivity contribution in [2.45, 2.75) is 25.8 Å². The van der Waals surface area contributed by atoms with Gasteiger partial charge < -0.3 is 4.74 Å². The van der Waals surface area contributed by atoms with Gasteiger partial charge in [-0.15, -0.1) is 16.7 Å². The van der Waals surface area contributed by atoms with Crippen LogP contribution in [0.4, 0.5) is 0 Å². The first-order valence-corrected chi connectivity index (χ1v) is 6.33. The summed E-state index contributed by atoms with van der Waals surface area (Å²) in [5.74, 6) is 0.906. The lowest BCUT2D eigenvalue weighted by atomic mass is 10.2. The number of benzene rings is 1. The van der Waals surface area contributed by atoms with Crippen LogP contribution in [0.2, 0.25) is 0 Å². The second kappa shape index (κ2) is 5.87. The topological polar surface area (TPSA) is 39.9 Å². The van der Waals surface area contributed by atoms with Crippen molar-refractivity contribution in [3.05, 3.63) is 41.7 Å². The molecule has 0 saturated heterocycles. The minimum atomic E-state index is -0.115. The molecule has 0 aliphatic heterocycles. The van der Waals surface area contributed by atoms with Crippen molar-refractivity contribution in [2.24, 2.45) is 0 Å². The zero-order valence-electron chi connectivity index (χ0n) is 10.5. The van der Waals surface area contributed by atoms with E-state index in [0.29, 0.717) is 13.2 Å². The Morgan fingerprint density at radius 1 is 1.39 bits per heavy atom. The molecule has 0 bridgehead atoms. The second-order valence-electron chi connectivity index (χ2n) is 4.14. The Morgan fingerprint density at radius 3 is 2.83 bits per heavy atom. The van der Waals surface area contributed by atoms with Gasteiger partial charge in [-0.05, 0) is 25.5 Å². The van der Waals surface area contributed by atoms with Crippen LogP contribution < -0.4 is 4.74 Å². The molecule has 0 amide bonds. The minimum absolute atomic E-state index is 0.115. The van der Waals surface area contributed by atoms with Crippen molar-refractivity contribution < 1.29 is 4.74 Å². The summed E-state index contributed by atoms with van der Waals surface area (Å²) in [5, 5.41) is 7.86. The summed E-state index contributed by atoms with van der Waals surface area (Å²) in [6.07, 6.45) is 1.85. The van der Waals surface area contributed by atoms with Crippen LogP contribution >= 0.6 is 11.6 Å².